The highest BCUT2D eigenvalue weighted by Crippen LogP contribution is 2.31. The summed E-state index contributed by atoms with van der Waals surface area (Å²) in [7, 11) is -2.68. The number of carbonyl (C=O) groups excluding carboxylic acids is 2. The van der Waals surface area contributed by atoms with E-state index >= 15 is 0 Å². The normalized spacial score (nSPS) is 16.7. The third-order valence-corrected chi connectivity index (χ3v) is 7.23. The summed E-state index contributed by atoms with van der Waals surface area (Å²) in [6, 6.07) is 14.0. The van der Waals surface area contributed by atoms with Crippen molar-refractivity contribution >= 4 is 39.1 Å². The SMILES string of the molecule is COc1ccc(S(=O)(=O)N(Cc2ccco2)C2CC(=O)N(c3ccc(Cl)cc3)C2=O)cc1. The number of ether oxygens (including phenoxy) is 1. The molecule has 0 bridgehead atoms. The zero-order chi connectivity index (χ0) is 22.9. The fourth-order valence-electron chi connectivity index (χ4n) is 3.50. The van der Waals surface area contributed by atoms with Gasteiger partial charge in [-0.25, -0.2) is 13.3 Å². The molecule has 1 fully saturated rings. The number of nitrogens with zero attached hydrogens (tertiary/aromatic N) is 2. The first-order valence-corrected chi connectivity index (χ1v) is 11.4. The minimum atomic E-state index is -4.16. The van der Waals surface area contributed by atoms with Crippen LogP contribution in [0.3, 0.4) is 0 Å². The van der Waals surface area contributed by atoms with Crippen molar-refractivity contribution in [3.05, 3.63) is 77.7 Å². The molecule has 0 aliphatic carbocycles. The predicted molar refractivity (Wildman–Crippen MR) is 117 cm³/mol. The molecule has 1 aliphatic rings. The zero-order valence-electron chi connectivity index (χ0n) is 17.0. The second-order valence-corrected chi connectivity index (χ2v) is 9.40. The molecule has 32 heavy (non-hydrogen) atoms. The van der Waals surface area contributed by atoms with Gasteiger partial charge in [-0.3, -0.25) is 9.59 Å². The van der Waals surface area contributed by atoms with E-state index in [9.17, 15) is 18.0 Å². The Morgan fingerprint density at radius 3 is 2.38 bits per heavy atom. The lowest BCUT2D eigenvalue weighted by Crippen LogP contribution is -2.45. The fourth-order valence-corrected chi connectivity index (χ4v) is 5.18. The van der Waals surface area contributed by atoms with Crippen molar-refractivity contribution in [2.75, 3.05) is 12.0 Å². The van der Waals surface area contributed by atoms with Crippen molar-refractivity contribution in [1.82, 2.24) is 4.31 Å². The Morgan fingerprint density at radius 2 is 1.78 bits per heavy atom. The van der Waals surface area contributed by atoms with Crippen molar-refractivity contribution in [2.45, 2.75) is 23.9 Å². The Hall–Kier alpha value is -3.14. The van der Waals surface area contributed by atoms with Gasteiger partial charge in [-0.15, -0.1) is 0 Å². The average molecular weight is 475 g/mol. The lowest BCUT2D eigenvalue weighted by atomic mass is 10.2. The van der Waals surface area contributed by atoms with Gasteiger partial charge in [-0.2, -0.15) is 4.31 Å². The summed E-state index contributed by atoms with van der Waals surface area (Å²) >= 11 is 5.90. The molecule has 2 aromatic carbocycles. The lowest BCUT2D eigenvalue weighted by molar-refractivity contribution is -0.122. The van der Waals surface area contributed by atoms with Gasteiger partial charge in [0.2, 0.25) is 15.9 Å². The lowest BCUT2D eigenvalue weighted by Gasteiger charge is -2.26. The van der Waals surface area contributed by atoms with Crippen LogP contribution in [0.15, 0.2) is 76.2 Å². The topological polar surface area (TPSA) is 97.1 Å². The Morgan fingerprint density at radius 1 is 1.09 bits per heavy atom. The average Bonchev–Trinajstić information content (AvgIpc) is 3.40. The summed E-state index contributed by atoms with van der Waals surface area (Å²) in [5.41, 5.74) is 0.326. The number of benzene rings is 2. The van der Waals surface area contributed by atoms with E-state index in [1.165, 1.54) is 49.8 Å². The molecule has 1 aromatic heterocycles. The molecular formula is C22H19ClN2O6S. The van der Waals surface area contributed by atoms with Crippen LogP contribution >= 0.6 is 11.6 Å². The number of furan rings is 1. The summed E-state index contributed by atoms with van der Waals surface area (Å²) in [6.07, 6.45) is 1.12. The maximum absolute atomic E-state index is 13.5. The zero-order valence-corrected chi connectivity index (χ0v) is 18.5. The molecule has 2 amide bonds. The molecule has 4 rings (SSSR count). The molecule has 1 saturated heterocycles. The van der Waals surface area contributed by atoms with Gasteiger partial charge in [0.1, 0.15) is 17.6 Å². The molecular weight excluding hydrogens is 456 g/mol. The molecule has 0 saturated carbocycles. The highest BCUT2D eigenvalue weighted by molar-refractivity contribution is 7.89. The summed E-state index contributed by atoms with van der Waals surface area (Å²) in [4.78, 5) is 27.0. The first kappa shape index (κ1) is 22.1. The van der Waals surface area contributed by atoms with Crippen LogP contribution in [-0.4, -0.2) is 37.7 Å². The van der Waals surface area contributed by atoms with Gasteiger partial charge in [0, 0.05) is 5.02 Å². The van der Waals surface area contributed by atoms with Gasteiger partial charge < -0.3 is 9.15 Å². The summed E-state index contributed by atoms with van der Waals surface area (Å²) in [5.74, 6) is -0.312. The Labute approximate surface area is 190 Å². The Bertz CT molecular complexity index is 1220. The maximum atomic E-state index is 13.5. The van der Waals surface area contributed by atoms with Crippen molar-refractivity contribution in [1.29, 1.82) is 0 Å². The molecule has 0 N–H and O–H groups in total. The molecule has 8 nitrogen and oxygen atoms in total. The Balaban J connectivity index is 1.72. The predicted octanol–water partition coefficient (Wildman–Crippen LogP) is 3.46. The largest absolute Gasteiger partial charge is 0.497 e. The highest BCUT2D eigenvalue weighted by Gasteiger charge is 2.47. The smallest absolute Gasteiger partial charge is 0.252 e. The van der Waals surface area contributed by atoms with Crippen LogP contribution in [-0.2, 0) is 26.2 Å². The number of amides is 2. The number of carbonyl (C=O) groups is 2. The molecule has 0 spiro atoms. The minimum Gasteiger partial charge on any atom is -0.497 e. The van der Waals surface area contributed by atoms with E-state index in [4.69, 9.17) is 20.8 Å². The number of halogens is 1. The van der Waals surface area contributed by atoms with Crippen LogP contribution in [0.2, 0.25) is 5.02 Å². The van der Waals surface area contributed by atoms with Crippen LogP contribution in [0.5, 0.6) is 5.75 Å². The van der Waals surface area contributed by atoms with E-state index in [1.54, 1.807) is 24.3 Å². The van der Waals surface area contributed by atoms with E-state index in [1.807, 2.05) is 0 Å². The molecule has 1 atom stereocenters. The van der Waals surface area contributed by atoms with E-state index < -0.39 is 27.9 Å². The number of anilines is 1. The van der Waals surface area contributed by atoms with Gasteiger partial charge in [0.25, 0.3) is 5.91 Å². The summed E-state index contributed by atoms with van der Waals surface area (Å²) in [6.45, 7) is -0.209. The molecule has 3 aromatic rings. The first-order valence-electron chi connectivity index (χ1n) is 9.62. The molecule has 10 heteroatoms. The van der Waals surface area contributed by atoms with Gasteiger partial charge in [-0.05, 0) is 60.7 Å². The number of hydrogen-bond donors (Lipinski definition) is 0. The van der Waals surface area contributed by atoms with Crippen LogP contribution < -0.4 is 9.64 Å². The number of sulfonamides is 1. The molecule has 2 heterocycles. The van der Waals surface area contributed by atoms with Gasteiger partial charge >= 0.3 is 0 Å². The van der Waals surface area contributed by atoms with Crippen LogP contribution in [0.1, 0.15) is 12.2 Å². The number of rotatable bonds is 7. The second kappa shape index (κ2) is 8.78. The summed E-state index contributed by atoms with van der Waals surface area (Å²) < 4.78 is 38.5. The number of methoxy groups -OCH3 is 1. The molecule has 0 radical (unpaired) electrons. The van der Waals surface area contributed by atoms with E-state index in [-0.39, 0.29) is 17.9 Å². The van der Waals surface area contributed by atoms with Crippen molar-refractivity contribution in [3.63, 3.8) is 0 Å². The third kappa shape index (κ3) is 4.14. The summed E-state index contributed by atoms with van der Waals surface area (Å²) in [5, 5.41) is 0.450. The van der Waals surface area contributed by atoms with Crippen molar-refractivity contribution in [2.24, 2.45) is 0 Å². The van der Waals surface area contributed by atoms with Crippen molar-refractivity contribution in [3.8, 4) is 5.75 Å². The quantitative estimate of drug-likeness (QED) is 0.486. The standard InChI is InChI=1S/C22H19ClN2O6S/c1-30-17-8-10-19(11-9-17)32(28,29)24(14-18-3-2-12-31-18)20-13-21(26)25(22(20)27)16-6-4-15(23)5-7-16/h2-12,20H,13-14H2,1H3. The first-order chi connectivity index (χ1) is 15.3. The minimum absolute atomic E-state index is 0.0324. The monoisotopic (exact) mass is 474 g/mol. The fraction of sp³-hybridized carbons (Fsp3) is 0.182. The second-order valence-electron chi connectivity index (χ2n) is 7.07. The molecule has 1 unspecified atom stereocenters. The third-order valence-electron chi connectivity index (χ3n) is 5.11. The molecule has 1 aliphatic heterocycles. The number of imide groups is 1. The van der Waals surface area contributed by atoms with Gasteiger partial charge in [-0.1, -0.05) is 11.6 Å². The van der Waals surface area contributed by atoms with Gasteiger partial charge in [0.05, 0.1) is 36.9 Å². The van der Waals surface area contributed by atoms with Crippen LogP contribution in [0, 0.1) is 0 Å². The van der Waals surface area contributed by atoms with Gasteiger partial charge in [0.15, 0.2) is 0 Å². The van der Waals surface area contributed by atoms with E-state index in [0.29, 0.717) is 22.2 Å². The number of hydrogen-bond acceptors (Lipinski definition) is 6. The van der Waals surface area contributed by atoms with Crippen molar-refractivity contribution < 1.29 is 27.2 Å². The highest BCUT2D eigenvalue weighted by atomic mass is 35.5. The Kier molecular flexibility index (Phi) is 6.05. The van der Waals surface area contributed by atoms with Crippen LogP contribution in [0.4, 0.5) is 5.69 Å². The van der Waals surface area contributed by atoms with E-state index in [2.05, 4.69) is 0 Å². The van der Waals surface area contributed by atoms with Crippen LogP contribution in [0.25, 0.3) is 0 Å². The van der Waals surface area contributed by atoms with E-state index in [0.717, 1.165) is 9.21 Å². The maximum Gasteiger partial charge on any atom is 0.252 e. The molecule has 166 valence electrons.